The maximum Gasteiger partial charge on any atom is 0.148 e. The third kappa shape index (κ3) is 6.47. The average molecular weight is 148 g/mol. The van der Waals surface area contributed by atoms with Crippen LogP contribution >= 0.6 is 0 Å². The standard InChI is InChI=1S/C10H12O/c1-4-6-7-8-10(3)11-9-5-2/h2,4,6-8H,3,9H2,1H3/b6-4-,8-7-. The second-order valence-corrected chi connectivity index (χ2v) is 1.84. The molecule has 0 aromatic rings. The van der Waals surface area contributed by atoms with Gasteiger partial charge in [0.25, 0.3) is 0 Å². The molecule has 0 aromatic carbocycles. The molecule has 0 aliphatic rings. The number of rotatable bonds is 4. The Balaban J connectivity index is 3.62. The number of terminal acetylenes is 1. The van der Waals surface area contributed by atoms with Gasteiger partial charge in [-0.3, -0.25) is 0 Å². The Morgan fingerprint density at radius 1 is 1.64 bits per heavy atom. The van der Waals surface area contributed by atoms with Crippen molar-refractivity contribution in [1.82, 2.24) is 0 Å². The quantitative estimate of drug-likeness (QED) is 0.337. The zero-order valence-corrected chi connectivity index (χ0v) is 6.71. The van der Waals surface area contributed by atoms with E-state index in [1.165, 1.54) is 0 Å². The van der Waals surface area contributed by atoms with Gasteiger partial charge >= 0.3 is 0 Å². The van der Waals surface area contributed by atoms with Crippen LogP contribution in [0, 0.1) is 12.3 Å². The summed E-state index contributed by atoms with van der Waals surface area (Å²) in [5.74, 6) is 2.94. The summed E-state index contributed by atoms with van der Waals surface area (Å²) in [4.78, 5) is 0. The maximum atomic E-state index is 4.99. The fraction of sp³-hybridized carbons (Fsp3) is 0.200. The summed E-state index contributed by atoms with van der Waals surface area (Å²) in [6.45, 7) is 5.84. The first-order valence-corrected chi connectivity index (χ1v) is 3.35. The van der Waals surface area contributed by atoms with Crippen molar-refractivity contribution in [3.05, 3.63) is 36.6 Å². The van der Waals surface area contributed by atoms with Crippen molar-refractivity contribution in [2.45, 2.75) is 6.92 Å². The molecule has 0 rings (SSSR count). The Hall–Kier alpha value is -1.42. The van der Waals surface area contributed by atoms with Gasteiger partial charge in [0, 0.05) is 0 Å². The average Bonchev–Trinajstić information content (AvgIpc) is 2.01. The van der Waals surface area contributed by atoms with E-state index in [-0.39, 0.29) is 6.61 Å². The zero-order valence-electron chi connectivity index (χ0n) is 6.71. The lowest BCUT2D eigenvalue weighted by Gasteiger charge is -1.97. The summed E-state index contributed by atoms with van der Waals surface area (Å²) in [7, 11) is 0. The van der Waals surface area contributed by atoms with Crippen LogP contribution in [-0.2, 0) is 4.74 Å². The molecule has 1 heteroatoms. The molecule has 0 aliphatic heterocycles. The van der Waals surface area contributed by atoms with Crippen LogP contribution in [0.1, 0.15) is 6.92 Å². The third-order valence-corrected chi connectivity index (χ3v) is 0.927. The van der Waals surface area contributed by atoms with Gasteiger partial charge < -0.3 is 4.74 Å². The van der Waals surface area contributed by atoms with Crippen molar-refractivity contribution >= 4 is 0 Å². The second kappa shape index (κ2) is 6.70. The third-order valence-electron chi connectivity index (χ3n) is 0.927. The molecule has 58 valence electrons. The van der Waals surface area contributed by atoms with Crippen molar-refractivity contribution in [1.29, 1.82) is 0 Å². The van der Waals surface area contributed by atoms with Crippen LogP contribution in [0.15, 0.2) is 36.6 Å². The lowest BCUT2D eigenvalue weighted by molar-refractivity contribution is 0.269. The summed E-state index contributed by atoms with van der Waals surface area (Å²) in [5, 5.41) is 0. The monoisotopic (exact) mass is 148 g/mol. The van der Waals surface area contributed by atoms with E-state index in [4.69, 9.17) is 11.2 Å². The molecule has 0 unspecified atom stereocenters. The lowest BCUT2D eigenvalue weighted by atomic mass is 10.4. The van der Waals surface area contributed by atoms with E-state index < -0.39 is 0 Å². The van der Waals surface area contributed by atoms with Crippen molar-refractivity contribution in [3.63, 3.8) is 0 Å². The zero-order chi connectivity index (χ0) is 8.53. The van der Waals surface area contributed by atoms with Gasteiger partial charge in [0.2, 0.25) is 0 Å². The largest absolute Gasteiger partial charge is 0.482 e. The van der Waals surface area contributed by atoms with E-state index in [2.05, 4.69) is 12.5 Å². The van der Waals surface area contributed by atoms with Crippen molar-refractivity contribution in [2.24, 2.45) is 0 Å². The van der Waals surface area contributed by atoms with Gasteiger partial charge in [-0.25, -0.2) is 0 Å². The highest BCUT2D eigenvalue weighted by Gasteiger charge is 1.82. The highest BCUT2D eigenvalue weighted by Crippen LogP contribution is 1.94. The Labute approximate surface area is 68.1 Å². The predicted molar refractivity (Wildman–Crippen MR) is 47.9 cm³/mol. The first-order chi connectivity index (χ1) is 5.31. The summed E-state index contributed by atoms with van der Waals surface area (Å²) >= 11 is 0. The van der Waals surface area contributed by atoms with Crippen LogP contribution in [0.25, 0.3) is 0 Å². The minimum atomic E-state index is 0.277. The summed E-state index contributed by atoms with van der Waals surface area (Å²) in [6.07, 6.45) is 12.4. The van der Waals surface area contributed by atoms with Crippen molar-refractivity contribution < 1.29 is 4.74 Å². The molecule has 0 bridgehead atoms. The molecule has 1 nitrogen and oxygen atoms in total. The molecule has 0 fully saturated rings. The molecular formula is C10H12O. The van der Waals surface area contributed by atoms with Crippen LogP contribution in [-0.4, -0.2) is 6.61 Å². The molecule has 0 aliphatic carbocycles. The molecule has 0 aromatic heterocycles. The molecule has 0 N–H and O–H groups in total. The van der Waals surface area contributed by atoms with Gasteiger partial charge in [-0.05, 0) is 13.0 Å². The SMILES string of the molecule is C#CCOC(=C)/C=C\C=C/C. The Kier molecular flexibility index (Phi) is 5.83. The number of hydrogen-bond acceptors (Lipinski definition) is 1. The van der Waals surface area contributed by atoms with Crippen LogP contribution in [0.4, 0.5) is 0 Å². The Morgan fingerprint density at radius 2 is 2.36 bits per heavy atom. The van der Waals surface area contributed by atoms with E-state index in [0.29, 0.717) is 5.76 Å². The van der Waals surface area contributed by atoms with Crippen LogP contribution in [0.3, 0.4) is 0 Å². The first-order valence-electron chi connectivity index (χ1n) is 3.35. The normalized spacial score (nSPS) is 10.2. The molecule has 0 saturated carbocycles. The van der Waals surface area contributed by atoms with Gasteiger partial charge in [-0.15, -0.1) is 6.42 Å². The van der Waals surface area contributed by atoms with Gasteiger partial charge in [-0.2, -0.15) is 0 Å². The van der Waals surface area contributed by atoms with E-state index in [1.807, 2.05) is 25.2 Å². The molecule has 0 radical (unpaired) electrons. The minimum absolute atomic E-state index is 0.277. The number of hydrogen-bond donors (Lipinski definition) is 0. The van der Waals surface area contributed by atoms with Gasteiger partial charge in [0.1, 0.15) is 12.4 Å². The fourth-order valence-corrected chi connectivity index (χ4v) is 0.456. The predicted octanol–water partition coefficient (Wildman–Crippen LogP) is 2.28. The van der Waals surface area contributed by atoms with Gasteiger partial charge in [0.05, 0.1) is 0 Å². The van der Waals surface area contributed by atoms with Crippen LogP contribution in [0.2, 0.25) is 0 Å². The smallest absolute Gasteiger partial charge is 0.148 e. The van der Waals surface area contributed by atoms with Gasteiger partial charge in [-0.1, -0.05) is 30.7 Å². The maximum absolute atomic E-state index is 4.99. The van der Waals surface area contributed by atoms with E-state index in [9.17, 15) is 0 Å². The summed E-state index contributed by atoms with van der Waals surface area (Å²) in [5.41, 5.74) is 0. The number of allylic oxidation sites excluding steroid dienone is 4. The molecule has 0 atom stereocenters. The van der Waals surface area contributed by atoms with E-state index >= 15 is 0 Å². The van der Waals surface area contributed by atoms with Gasteiger partial charge in [0.15, 0.2) is 0 Å². The fourth-order valence-electron chi connectivity index (χ4n) is 0.456. The molecule has 0 spiro atoms. The highest BCUT2D eigenvalue weighted by molar-refractivity contribution is 5.14. The first kappa shape index (κ1) is 9.58. The Morgan fingerprint density at radius 3 is 2.91 bits per heavy atom. The lowest BCUT2D eigenvalue weighted by Crippen LogP contribution is -1.86. The summed E-state index contributed by atoms with van der Waals surface area (Å²) < 4.78 is 4.99. The van der Waals surface area contributed by atoms with Crippen LogP contribution in [0.5, 0.6) is 0 Å². The number of ether oxygens (including phenoxy) is 1. The van der Waals surface area contributed by atoms with Crippen molar-refractivity contribution in [2.75, 3.05) is 6.61 Å². The molecular weight excluding hydrogens is 136 g/mol. The molecule has 11 heavy (non-hydrogen) atoms. The summed E-state index contributed by atoms with van der Waals surface area (Å²) in [6, 6.07) is 0. The molecule has 0 amide bonds. The van der Waals surface area contributed by atoms with E-state index in [1.54, 1.807) is 6.08 Å². The van der Waals surface area contributed by atoms with Crippen LogP contribution < -0.4 is 0 Å². The molecule has 0 saturated heterocycles. The second-order valence-electron chi connectivity index (χ2n) is 1.84. The van der Waals surface area contributed by atoms with E-state index in [0.717, 1.165) is 0 Å². The Bertz CT molecular complexity index is 203. The topological polar surface area (TPSA) is 9.23 Å². The minimum Gasteiger partial charge on any atom is -0.482 e. The highest BCUT2D eigenvalue weighted by atomic mass is 16.5. The molecule has 0 heterocycles. The van der Waals surface area contributed by atoms with Crippen molar-refractivity contribution in [3.8, 4) is 12.3 Å².